The lowest BCUT2D eigenvalue weighted by atomic mass is 10.1. The molecule has 1 aliphatic heterocycles. The van der Waals surface area contributed by atoms with Gasteiger partial charge in [-0.25, -0.2) is 15.0 Å². The van der Waals surface area contributed by atoms with Crippen LogP contribution in [0.2, 0.25) is 0 Å². The highest BCUT2D eigenvalue weighted by Crippen LogP contribution is 2.30. The molecule has 4 aromatic heterocycles. The van der Waals surface area contributed by atoms with E-state index in [4.69, 9.17) is 19.2 Å². The second-order valence-electron chi connectivity index (χ2n) is 9.87. The minimum absolute atomic E-state index is 0.117. The summed E-state index contributed by atoms with van der Waals surface area (Å²) in [6, 6.07) is 13.4. The van der Waals surface area contributed by atoms with Gasteiger partial charge in [-0.3, -0.25) is 4.40 Å². The van der Waals surface area contributed by atoms with Gasteiger partial charge in [-0.1, -0.05) is 0 Å². The highest BCUT2D eigenvalue weighted by atomic mass is 16.5. The number of anilines is 1. The maximum atomic E-state index is 10.1. The van der Waals surface area contributed by atoms with E-state index >= 15 is 0 Å². The van der Waals surface area contributed by atoms with Gasteiger partial charge in [0.2, 0.25) is 5.88 Å². The molecule has 1 fully saturated rings. The van der Waals surface area contributed by atoms with Crippen LogP contribution < -0.4 is 19.1 Å². The summed E-state index contributed by atoms with van der Waals surface area (Å²) >= 11 is 0. The van der Waals surface area contributed by atoms with Crippen LogP contribution in [0.5, 0.6) is 17.4 Å². The van der Waals surface area contributed by atoms with Crippen molar-refractivity contribution in [2.45, 2.75) is 38.4 Å². The molecule has 0 bridgehead atoms. The van der Waals surface area contributed by atoms with Crippen molar-refractivity contribution in [2.24, 2.45) is 0 Å². The third-order valence-electron chi connectivity index (χ3n) is 6.32. The summed E-state index contributed by atoms with van der Waals surface area (Å²) < 4.78 is 18.8. The molecule has 0 aliphatic carbocycles. The molecule has 0 spiro atoms. The first kappa shape index (κ1) is 25.3. The van der Waals surface area contributed by atoms with Crippen LogP contribution in [0.15, 0.2) is 55.0 Å². The van der Waals surface area contributed by atoms with Crippen molar-refractivity contribution in [2.75, 3.05) is 31.7 Å². The standard InChI is InChI=1S/C28H30N6O4/c1-28(2,35)18-37-23-12-24(34-20(14-29)16-31-26(34)13-23)19-4-6-25(30-15-19)33-10-8-21(9-11-33)38-22-5-7-27(36-3)32-17-22/h4-7,12-13,15-17,21,35H,8-11,18H2,1-3H3. The number of methoxy groups -OCH3 is 1. The number of imidazole rings is 1. The fraction of sp³-hybridized carbons (Fsp3) is 0.357. The number of fused-ring (bicyclic) bond motifs is 1. The van der Waals surface area contributed by atoms with Crippen LogP contribution in [-0.4, -0.2) is 63.0 Å². The molecule has 0 unspecified atom stereocenters. The van der Waals surface area contributed by atoms with Crippen molar-refractivity contribution in [3.63, 3.8) is 0 Å². The van der Waals surface area contributed by atoms with E-state index in [2.05, 4.69) is 20.9 Å². The van der Waals surface area contributed by atoms with Crippen molar-refractivity contribution in [1.29, 1.82) is 5.26 Å². The SMILES string of the molecule is COc1ccc(OC2CCN(c3ccc(-c4cc(OCC(C)(C)O)cc5ncc(C#N)n45)cn3)CC2)cn1. The predicted molar refractivity (Wildman–Crippen MR) is 142 cm³/mol. The summed E-state index contributed by atoms with van der Waals surface area (Å²) in [5, 5.41) is 19.7. The highest BCUT2D eigenvalue weighted by molar-refractivity contribution is 5.68. The Bertz CT molecular complexity index is 1430. The minimum Gasteiger partial charge on any atom is -0.490 e. The van der Waals surface area contributed by atoms with E-state index in [1.165, 1.54) is 6.20 Å². The molecule has 1 N–H and O–H groups in total. The van der Waals surface area contributed by atoms with Gasteiger partial charge in [-0.05, 0) is 32.0 Å². The third-order valence-corrected chi connectivity index (χ3v) is 6.32. The Hall–Kier alpha value is -4.36. The van der Waals surface area contributed by atoms with Crippen molar-refractivity contribution in [3.8, 4) is 34.7 Å². The van der Waals surface area contributed by atoms with Gasteiger partial charge in [0, 0.05) is 55.9 Å². The molecule has 0 atom stereocenters. The highest BCUT2D eigenvalue weighted by Gasteiger charge is 2.22. The van der Waals surface area contributed by atoms with Gasteiger partial charge in [0.1, 0.15) is 47.4 Å². The number of hydrogen-bond acceptors (Lipinski definition) is 9. The Labute approximate surface area is 221 Å². The molecule has 0 saturated carbocycles. The Morgan fingerprint density at radius 2 is 1.84 bits per heavy atom. The smallest absolute Gasteiger partial charge is 0.213 e. The van der Waals surface area contributed by atoms with Crippen LogP contribution in [0, 0.1) is 11.3 Å². The molecule has 0 amide bonds. The second-order valence-corrected chi connectivity index (χ2v) is 9.87. The van der Waals surface area contributed by atoms with Gasteiger partial charge >= 0.3 is 0 Å². The van der Waals surface area contributed by atoms with Crippen molar-refractivity contribution >= 4 is 11.5 Å². The number of nitriles is 1. The average molecular weight is 515 g/mol. The number of ether oxygens (including phenoxy) is 3. The summed E-state index contributed by atoms with van der Waals surface area (Å²) in [5.41, 5.74) is 1.59. The lowest BCUT2D eigenvalue weighted by molar-refractivity contribution is 0.0285. The molecule has 5 rings (SSSR count). The van der Waals surface area contributed by atoms with E-state index in [0.717, 1.165) is 48.8 Å². The lowest BCUT2D eigenvalue weighted by Gasteiger charge is -2.33. The first-order valence-electron chi connectivity index (χ1n) is 12.5. The topological polar surface area (TPSA) is 118 Å². The van der Waals surface area contributed by atoms with Gasteiger partial charge in [-0.2, -0.15) is 5.26 Å². The van der Waals surface area contributed by atoms with Gasteiger partial charge < -0.3 is 24.2 Å². The number of nitrogens with zero attached hydrogens (tertiary/aromatic N) is 6. The number of rotatable bonds is 8. The minimum atomic E-state index is -0.979. The van der Waals surface area contributed by atoms with Crippen LogP contribution in [-0.2, 0) is 0 Å². The molecule has 1 saturated heterocycles. The first-order valence-corrected chi connectivity index (χ1v) is 12.5. The first-order chi connectivity index (χ1) is 18.3. The predicted octanol–water partition coefficient (Wildman–Crippen LogP) is 3.87. The number of hydrogen-bond donors (Lipinski definition) is 1. The quantitative estimate of drug-likeness (QED) is 0.374. The fourth-order valence-electron chi connectivity index (χ4n) is 4.40. The molecule has 10 nitrogen and oxygen atoms in total. The average Bonchev–Trinajstić information content (AvgIpc) is 3.35. The normalized spacial score (nSPS) is 14.3. The monoisotopic (exact) mass is 514 g/mol. The maximum Gasteiger partial charge on any atom is 0.213 e. The Morgan fingerprint density at radius 1 is 1.03 bits per heavy atom. The lowest BCUT2D eigenvalue weighted by Crippen LogP contribution is -2.38. The molecular formula is C28H30N6O4. The van der Waals surface area contributed by atoms with Crippen molar-refractivity contribution in [3.05, 3.63) is 60.7 Å². The molecule has 10 heteroatoms. The van der Waals surface area contributed by atoms with E-state index in [-0.39, 0.29) is 12.7 Å². The fourth-order valence-corrected chi connectivity index (χ4v) is 4.40. The Balaban J connectivity index is 1.30. The zero-order valence-electron chi connectivity index (χ0n) is 21.7. The number of aliphatic hydroxyl groups is 1. The largest absolute Gasteiger partial charge is 0.490 e. The van der Waals surface area contributed by atoms with E-state index < -0.39 is 5.60 Å². The zero-order valence-corrected chi connectivity index (χ0v) is 21.7. The molecule has 5 heterocycles. The molecular weight excluding hydrogens is 484 g/mol. The number of pyridine rings is 3. The van der Waals surface area contributed by atoms with Gasteiger partial charge in [-0.15, -0.1) is 0 Å². The molecule has 196 valence electrons. The number of piperidine rings is 1. The van der Waals surface area contributed by atoms with Crippen LogP contribution in [0.1, 0.15) is 32.4 Å². The zero-order chi connectivity index (χ0) is 26.7. The maximum absolute atomic E-state index is 10.1. The molecule has 0 aromatic carbocycles. The molecule has 1 aliphatic rings. The van der Waals surface area contributed by atoms with Crippen LogP contribution in [0.4, 0.5) is 5.82 Å². The van der Waals surface area contributed by atoms with Crippen LogP contribution >= 0.6 is 0 Å². The summed E-state index contributed by atoms with van der Waals surface area (Å²) in [7, 11) is 1.59. The Kier molecular flexibility index (Phi) is 7.03. The van der Waals surface area contributed by atoms with E-state index in [9.17, 15) is 10.4 Å². The third kappa shape index (κ3) is 5.63. The summed E-state index contributed by atoms with van der Waals surface area (Å²) in [4.78, 5) is 15.5. The van der Waals surface area contributed by atoms with Gasteiger partial charge in [0.25, 0.3) is 0 Å². The second kappa shape index (κ2) is 10.6. The number of aromatic nitrogens is 4. The molecule has 4 aromatic rings. The van der Waals surface area contributed by atoms with Crippen molar-refractivity contribution in [1.82, 2.24) is 19.4 Å². The molecule has 0 radical (unpaired) electrons. The van der Waals surface area contributed by atoms with Crippen LogP contribution in [0.3, 0.4) is 0 Å². The van der Waals surface area contributed by atoms with E-state index in [0.29, 0.717) is 23.0 Å². The van der Waals surface area contributed by atoms with Crippen molar-refractivity contribution < 1.29 is 19.3 Å². The van der Waals surface area contributed by atoms with E-state index in [1.807, 2.05) is 24.3 Å². The van der Waals surface area contributed by atoms with Gasteiger partial charge in [0.05, 0.1) is 30.8 Å². The molecule has 38 heavy (non-hydrogen) atoms. The summed E-state index contributed by atoms with van der Waals surface area (Å²) in [5.74, 6) is 2.74. The Morgan fingerprint density at radius 3 is 2.47 bits per heavy atom. The summed E-state index contributed by atoms with van der Waals surface area (Å²) in [6.45, 7) is 5.14. The van der Waals surface area contributed by atoms with Crippen LogP contribution in [0.25, 0.3) is 16.9 Å². The van der Waals surface area contributed by atoms with E-state index in [1.54, 1.807) is 49.9 Å². The van der Waals surface area contributed by atoms with Gasteiger partial charge in [0.15, 0.2) is 0 Å². The summed E-state index contributed by atoms with van der Waals surface area (Å²) in [6.07, 6.45) is 6.89.